The van der Waals surface area contributed by atoms with Gasteiger partial charge in [0.25, 0.3) is 0 Å². The number of rotatable bonds is 5. The van der Waals surface area contributed by atoms with E-state index in [1.807, 2.05) is 24.3 Å². The SMILES string of the molecule is CC(C)c1ccc(N2CCN(CC(=O)Nc3ccc(F)c(F)c3)C2=O)cc1. The average Bonchev–Trinajstić information content (AvgIpc) is 2.99. The van der Waals surface area contributed by atoms with E-state index in [1.54, 1.807) is 4.90 Å². The molecule has 3 rings (SSSR count). The third-order valence-electron chi connectivity index (χ3n) is 4.50. The van der Waals surface area contributed by atoms with E-state index in [0.717, 1.165) is 17.8 Å². The normalized spacial score (nSPS) is 14.2. The Morgan fingerprint density at radius 1 is 1.07 bits per heavy atom. The minimum Gasteiger partial charge on any atom is -0.324 e. The van der Waals surface area contributed by atoms with Gasteiger partial charge in [-0.25, -0.2) is 13.6 Å². The van der Waals surface area contributed by atoms with Gasteiger partial charge in [0.05, 0.1) is 0 Å². The molecule has 7 heteroatoms. The van der Waals surface area contributed by atoms with Crippen LogP contribution in [0.4, 0.5) is 25.0 Å². The maximum Gasteiger partial charge on any atom is 0.325 e. The first-order valence-electron chi connectivity index (χ1n) is 8.76. The number of urea groups is 1. The standard InChI is InChI=1S/C20H21F2N3O2/c1-13(2)14-3-6-16(7-4-14)25-10-9-24(20(25)27)12-19(26)23-15-5-8-17(21)18(22)11-15/h3-8,11,13H,9-10,12H2,1-2H3,(H,23,26). The van der Waals surface area contributed by atoms with Crippen molar-refractivity contribution in [2.24, 2.45) is 0 Å². The van der Waals surface area contributed by atoms with Crippen LogP contribution in [0, 0.1) is 11.6 Å². The van der Waals surface area contributed by atoms with Crippen molar-refractivity contribution in [2.75, 3.05) is 29.9 Å². The van der Waals surface area contributed by atoms with Crippen LogP contribution in [0.25, 0.3) is 0 Å². The Balaban J connectivity index is 1.61. The van der Waals surface area contributed by atoms with Crippen LogP contribution in [0.15, 0.2) is 42.5 Å². The van der Waals surface area contributed by atoms with Gasteiger partial charge in [0, 0.05) is 30.5 Å². The van der Waals surface area contributed by atoms with Crippen molar-refractivity contribution in [1.29, 1.82) is 0 Å². The Kier molecular flexibility index (Phi) is 5.39. The molecule has 2 aromatic carbocycles. The summed E-state index contributed by atoms with van der Waals surface area (Å²) in [4.78, 5) is 27.7. The lowest BCUT2D eigenvalue weighted by Crippen LogP contribution is -2.37. The van der Waals surface area contributed by atoms with Crippen molar-refractivity contribution >= 4 is 23.3 Å². The second kappa shape index (κ2) is 7.73. The first kappa shape index (κ1) is 18.8. The molecule has 0 radical (unpaired) electrons. The molecule has 0 aromatic heterocycles. The molecule has 3 amide bonds. The first-order chi connectivity index (χ1) is 12.8. The van der Waals surface area contributed by atoms with E-state index in [1.165, 1.54) is 16.5 Å². The summed E-state index contributed by atoms with van der Waals surface area (Å²) >= 11 is 0. The van der Waals surface area contributed by atoms with Gasteiger partial charge in [-0.15, -0.1) is 0 Å². The molecule has 5 nitrogen and oxygen atoms in total. The van der Waals surface area contributed by atoms with Crippen molar-refractivity contribution in [3.05, 3.63) is 59.7 Å². The summed E-state index contributed by atoms with van der Waals surface area (Å²) in [7, 11) is 0. The zero-order valence-electron chi connectivity index (χ0n) is 15.2. The molecule has 0 bridgehead atoms. The summed E-state index contributed by atoms with van der Waals surface area (Å²) in [5.74, 6) is -2.08. The van der Waals surface area contributed by atoms with Crippen molar-refractivity contribution in [3.63, 3.8) is 0 Å². The van der Waals surface area contributed by atoms with Crippen LogP contribution < -0.4 is 10.2 Å². The molecule has 1 fully saturated rings. The van der Waals surface area contributed by atoms with Gasteiger partial charge in [-0.2, -0.15) is 0 Å². The quantitative estimate of drug-likeness (QED) is 0.862. The number of amides is 3. The number of hydrogen-bond donors (Lipinski definition) is 1. The molecular formula is C20H21F2N3O2. The third-order valence-corrected chi connectivity index (χ3v) is 4.50. The lowest BCUT2D eigenvalue weighted by molar-refractivity contribution is -0.116. The summed E-state index contributed by atoms with van der Waals surface area (Å²) in [6.45, 7) is 4.94. The molecule has 1 heterocycles. The van der Waals surface area contributed by atoms with Crippen LogP contribution >= 0.6 is 0 Å². The maximum atomic E-state index is 13.2. The molecule has 1 N–H and O–H groups in total. The molecule has 1 aliphatic rings. The zero-order valence-corrected chi connectivity index (χ0v) is 15.2. The Hall–Kier alpha value is -2.96. The second-order valence-corrected chi connectivity index (χ2v) is 6.78. The van der Waals surface area contributed by atoms with Crippen molar-refractivity contribution in [3.8, 4) is 0 Å². The summed E-state index contributed by atoms with van der Waals surface area (Å²) in [6.07, 6.45) is 0. The number of halogens is 2. The molecule has 1 saturated heterocycles. The predicted octanol–water partition coefficient (Wildman–Crippen LogP) is 3.97. The fourth-order valence-electron chi connectivity index (χ4n) is 2.96. The minimum absolute atomic E-state index is 0.145. The average molecular weight is 373 g/mol. The van der Waals surface area contributed by atoms with Crippen LogP contribution in [0.2, 0.25) is 0 Å². The molecule has 2 aromatic rings. The van der Waals surface area contributed by atoms with Crippen LogP contribution in [-0.2, 0) is 4.79 Å². The highest BCUT2D eigenvalue weighted by Crippen LogP contribution is 2.23. The molecule has 0 atom stereocenters. The monoisotopic (exact) mass is 373 g/mol. The van der Waals surface area contributed by atoms with E-state index in [0.29, 0.717) is 19.0 Å². The number of nitrogens with zero attached hydrogens (tertiary/aromatic N) is 2. The second-order valence-electron chi connectivity index (χ2n) is 6.78. The van der Waals surface area contributed by atoms with Crippen LogP contribution in [0.3, 0.4) is 0 Å². The molecule has 142 valence electrons. The smallest absolute Gasteiger partial charge is 0.324 e. The lowest BCUT2D eigenvalue weighted by atomic mass is 10.0. The molecule has 27 heavy (non-hydrogen) atoms. The highest BCUT2D eigenvalue weighted by atomic mass is 19.2. The number of carbonyl (C=O) groups is 2. The number of nitrogens with one attached hydrogen (secondary N) is 1. The van der Waals surface area contributed by atoms with Gasteiger partial charge in [0.2, 0.25) is 5.91 Å². The minimum atomic E-state index is -1.04. The van der Waals surface area contributed by atoms with Gasteiger partial charge in [-0.1, -0.05) is 26.0 Å². The van der Waals surface area contributed by atoms with E-state index in [2.05, 4.69) is 19.2 Å². The van der Waals surface area contributed by atoms with E-state index < -0.39 is 17.5 Å². The van der Waals surface area contributed by atoms with Gasteiger partial charge >= 0.3 is 6.03 Å². The maximum absolute atomic E-state index is 13.2. The molecule has 1 aliphatic heterocycles. The van der Waals surface area contributed by atoms with Gasteiger partial charge in [-0.3, -0.25) is 9.69 Å². The Bertz CT molecular complexity index is 853. The highest BCUT2D eigenvalue weighted by Gasteiger charge is 2.30. The number of anilines is 2. The van der Waals surface area contributed by atoms with Crippen LogP contribution in [0.5, 0.6) is 0 Å². The Morgan fingerprint density at radius 2 is 1.78 bits per heavy atom. The Morgan fingerprint density at radius 3 is 2.41 bits per heavy atom. The predicted molar refractivity (Wildman–Crippen MR) is 99.8 cm³/mol. The summed E-state index contributed by atoms with van der Waals surface area (Å²) in [5, 5.41) is 2.47. The van der Waals surface area contributed by atoms with Crippen molar-refractivity contribution < 1.29 is 18.4 Å². The fraction of sp³-hybridized carbons (Fsp3) is 0.300. The summed E-state index contributed by atoms with van der Waals surface area (Å²) < 4.78 is 26.2. The fourth-order valence-corrected chi connectivity index (χ4v) is 2.96. The lowest BCUT2D eigenvalue weighted by Gasteiger charge is -2.19. The van der Waals surface area contributed by atoms with Crippen molar-refractivity contribution in [2.45, 2.75) is 19.8 Å². The number of carbonyl (C=O) groups excluding carboxylic acids is 2. The number of hydrogen-bond acceptors (Lipinski definition) is 2. The molecule has 0 spiro atoms. The third kappa shape index (κ3) is 4.24. The zero-order chi connectivity index (χ0) is 19.6. The number of benzene rings is 2. The van der Waals surface area contributed by atoms with Gasteiger partial charge in [-0.05, 0) is 35.7 Å². The Labute approximate surface area is 156 Å². The van der Waals surface area contributed by atoms with Crippen LogP contribution in [0.1, 0.15) is 25.3 Å². The molecule has 0 unspecified atom stereocenters. The van der Waals surface area contributed by atoms with Crippen molar-refractivity contribution in [1.82, 2.24) is 4.90 Å². The first-order valence-corrected chi connectivity index (χ1v) is 8.76. The van der Waals surface area contributed by atoms with E-state index in [9.17, 15) is 18.4 Å². The molecule has 0 saturated carbocycles. The van der Waals surface area contributed by atoms with Gasteiger partial charge in [0.15, 0.2) is 11.6 Å². The molecule has 0 aliphatic carbocycles. The summed E-state index contributed by atoms with van der Waals surface area (Å²) in [5.41, 5.74) is 2.12. The van der Waals surface area contributed by atoms with E-state index in [4.69, 9.17) is 0 Å². The molecular weight excluding hydrogens is 352 g/mol. The van der Waals surface area contributed by atoms with E-state index in [-0.39, 0.29) is 18.3 Å². The largest absolute Gasteiger partial charge is 0.325 e. The van der Waals surface area contributed by atoms with E-state index >= 15 is 0 Å². The van der Waals surface area contributed by atoms with Crippen LogP contribution in [-0.4, -0.2) is 36.5 Å². The topological polar surface area (TPSA) is 52.6 Å². The van der Waals surface area contributed by atoms with Gasteiger partial charge < -0.3 is 10.2 Å². The van der Waals surface area contributed by atoms with Gasteiger partial charge in [0.1, 0.15) is 6.54 Å². The highest BCUT2D eigenvalue weighted by molar-refractivity contribution is 5.99. The summed E-state index contributed by atoms with van der Waals surface area (Å²) in [6, 6.07) is 10.6.